The van der Waals surface area contributed by atoms with Gasteiger partial charge in [-0.05, 0) is 54.3 Å². The van der Waals surface area contributed by atoms with E-state index in [0.717, 1.165) is 11.5 Å². The largest absolute Gasteiger partial charge is 0.457 e. The van der Waals surface area contributed by atoms with Crippen molar-refractivity contribution in [1.29, 1.82) is 0 Å². The highest BCUT2D eigenvalue weighted by Crippen LogP contribution is 2.28. The number of carbonyl (C=O) groups is 1. The molecule has 0 spiro atoms. The topological polar surface area (TPSA) is 26.3 Å². The van der Waals surface area contributed by atoms with E-state index in [1.807, 2.05) is 24.3 Å². The fraction of sp³-hybridized carbons (Fsp3) is 0.278. The summed E-state index contributed by atoms with van der Waals surface area (Å²) in [5, 5.41) is 0. The van der Waals surface area contributed by atoms with Gasteiger partial charge in [-0.3, -0.25) is 4.79 Å². The van der Waals surface area contributed by atoms with Gasteiger partial charge in [0.1, 0.15) is 11.5 Å². The van der Waals surface area contributed by atoms with E-state index < -0.39 is 0 Å². The van der Waals surface area contributed by atoms with Crippen LogP contribution in [-0.2, 0) is 5.41 Å². The summed E-state index contributed by atoms with van der Waals surface area (Å²) < 4.78 is 5.84. The van der Waals surface area contributed by atoms with Crippen molar-refractivity contribution in [2.45, 2.75) is 33.1 Å². The van der Waals surface area contributed by atoms with Crippen molar-refractivity contribution in [3.8, 4) is 11.5 Å². The van der Waals surface area contributed by atoms with Crippen molar-refractivity contribution in [2.75, 3.05) is 0 Å². The molecule has 0 amide bonds. The summed E-state index contributed by atoms with van der Waals surface area (Å²) in [5.41, 5.74) is 2.02. The second-order valence-electron chi connectivity index (χ2n) is 5.96. The lowest BCUT2D eigenvalue weighted by molar-refractivity contribution is 0.101. The zero-order valence-corrected chi connectivity index (χ0v) is 12.4. The normalized spacial score (nSPS) is 11.2. The highest BCUT2D eigenvalue weighted by molar-refractivity contribution is 5.94. The maximum atomic E-state index is 11.2. The summed E-state index contributed by atoms with van der Waals surface area (Å²) in [4.78, 5) is 11.2. The van der Waals surface area contributed by atoms with Crippen LogP contribution in [-0.4, -0.2) is 5.78 Å². The number of ketones is 1. The van der Waals surface area contributed by atoms with E-state index in [1.165, 1.54) is 5.56 Å². The molecule has 2 rings (SSSR count). The zero-order valence-electron chi connectivity index (χ0n) is 12.4. The Balaban J connectivity index is 2.20. The Morgan fingerprint density at radius 1 is 0.950 bits per heavy atom. The lowest BCUT2D eigenvalue weighted by atomic mass is 9.87. The predicted molar refractivity (Wildman–Crippen MR) is 81.7 cm³/mol. The quantitative estimate of drug-likeness (QED) is 0.734. The summed E-state index contributed by atoms with van der Waals surface area (Å²) >= 11 is 0. The zero-order chi connectivity index (χ0) is 14.8. The van der Waals surface area contributed by atoms with Gasteiger partial charge in [-0.1, -0.05) is 32.9 Å². The Morgan fingerprint density at radius 2 is 1.60 bits per heavy atom. The molecule has 0 bridgehead atoms. The molecule has 2 heteroatoms. The fourth-order valence-corrected chi connectivity index (χ4v) is 1.92. The maximum absolute atomic E-state index is 11.2. The van der Waals surface area contributed by atoms with Gasteiger partial charge in [0.25, 0.3) is 0 Å². The molecule has 0 heterocycles. The van der Waals surface area contributed by atoms with Gasteiger partial charge in [-0.2, -0.15) is 0 Å². The molecule has 0 saturated heterocycles. The van der Waals surface area contributed by atoms with E-state index in [0.29, 0.717) is 5.56 Å². The molecule has 20 heavy (non-hydrogen) atoms. The average Bonchev–Trinajstić information content (AvgIpc) is 2.38. The fourth-order valence-electron chi connectivity index (χ4n) is 1.92. The molecule has 0 atom stereocenters. The Morgan fingerprint density at radius 3 is 2.15 bits per heavy atom. The number of hydrogen-bond acceptors (Lipinski definition) is 2. The van der Waals surface area contributed by atoms with Crippen LogP contribution < -0.4 is 4.74 Å². The van der Waals surface area contributed by atoms with Gasteiger partial charge in [-0.25, -0.2) is 0 Å². The van der Waals surface area contributed by atoms with Gasteiger partial charge >= 0.3 is 0 Å². The van der Waals surface area contributed by atoms with E-state index in [9.17, 15) is 4.79 Å². The molecule has 2 aromatic carbocycles. The van der Waals surface area contributed by atoms with Crippen molar-refractivity contribution in [3.63, 3.8) is 0 Å². The van der Waals surface area contributed by atoms with Crippen molar-refractivity contribution in [2.24, 2.45) is 0 Å². The highest BCUT2D eigenvalue weighted by atomic mass is 16.5. The highest BCUT2D eigenvalue weighted by Gasteiger charge is 2.14. The molecule has 0 fully saturated rings. The van der Waals surface area contributed by atoms with Gasteiger partial charge < -0.3 is 4.74 Å². The molecule has 0 N–H and O–H groups in total. The van der Waals surface area contributed by atoms with E-state index in [-0.39, 0.29) is 11.2 Å². The van der Waals surface area contributed by atoms with E-state index in [1.54, 1.807) is 19.1 Å². The first-order valence-electron chi connectivity index (χ1n) is 6.76. The molecule has 2 nitrogen and oxygen atoms in total. The first kappa shape index (κ1) is 14.3. The molecular formula is C18H20O2. The Hall–Kier alpha value is -2.09. The van der Waals surface area contributed by atoms with Gasteiger partial charge in [0.2, 0.25) is 0 Å². The number of Topliss-reactive ketones (excluding diaryl/α,β-unsaturated/α-hetero) is 1. The van der Waals surface area contributed by atoms with Crippen molar-refractivity contribution in [1.82, 2.24) is 0 Å². The third-order valence-electron chi connectivity index (χ3n) is 3.20. The summed E-state index contributed by atoms with van der Waals surface area (Å²) in [6.45, 7) is 8.08. The number of benzene rings is 2. The minimum atomic E-state index is 0.0614. The van der Waals surface area contributed by atoms with Gasteiger partial charge in [0.15, 0.2) is 5.78 Å². The number of hydrogen-bond donors (Lipinski definition) is 0. The Kier molecular flexibility index (Phi) is 3.93. The number of carbonyl (C=O) groups excluding carboxylic acids is 1. The van der Waals surface area contributed by atoms with Crippen LogP contribution >= 0.6 is 0 Å². The third-order valence-corrected chi connectivity index (χ3v) is 3.20. The van der Waals surface area contributed by atoms with Crippen LogP contribution in [0.2, 0.25) is 0 Å². The van der Waals surface area contributed by atoms with Crippen LogP contribution in [0.15, 0.2) is 48.5 Å². The van der Waals surface area contributed by atoms with Crippen LogP contribution in [0.4, 0.5) is 0 Å². The summed E-state index contributed by atoms with van der Waals surface area (Å²) in [7, 11) is 0. The summed E-state index contributed by atoms with van der Waals surface area (Å²) in [6.07, 6.45) is 0. The lowest BCUT2D eigenvalue weighted by Gasteiger charge is -2.19. The molecule has 0 aliphatic carbocycles. The van der Waals surface area contributed by atoms with Crippen LogP contribution in [0.5, 0.6) is 11.5 Å². The standard InChI is InChI=1S/C18H20O2/c1-13(19)14-8-10-16(11-9-14)20-17-7-5-6-15(12-17)18(2,3)4/h5-12H,1-4H3. The Bertz CT molecular complexity index is 604. The molecule has 0 aliphatic heterocycles. The maximum Gasteiger partial charge on any atom is 0.159 e. The molecule has 0 unspecified atom stereocenters. The first-order chi connectivity index (χ1) is 9.36. The Labute approximate surface area is 120 Å². The molecule has 2 aromatic rings. The summed E-state index contributed by atoms with van der Waals surface area (Å²) in [5.74, 6) is 1.61. The summed E-state index contributed by atoms with van der Waals surface area (Å²) in [6, 6.07) is 15.3. The third kappa shape index (κ3) is 3.47. The van der Waals surface area contributed by atoms with Gasteiger partial charge in [0, 0.05) is 5.56 Å². The molecular weight excluding hydrogens is 248 g/mol. The van der Waals surface area contributed by atoms with Crippen LogP contribution in [0.1, 0.15) is 43.6 Å². The van der Waals surface area contributed by atoms with E-state index in [4.69, 9.17) is 4.74 Å². The van der Waals surface area contributed by atoms with Crippen LogP contribution in [0.3, 0.4) is 0 Å². The minimum absolute atomic E-state index is 0.0614. The van der Waals surface area contributed by atoms with Crippen LogP contribution in [0.25, 0.3) is 0 Å². The van der Waals surface area contributed by atoms with Crippen LogP contribution in [0, 0.1) is 0 Å². The number of rotatable bonds is 3. The second kappa shape index (κ2) is 5.49. The predicted octanol–water partition coefficient (Wildman–Crippen LogP) is 4.98. The van der Waals surface area contributed by atoms with Gasteiger partial charge in [0.05, 0.1) is 0 Å². The van der Waals surface area contributed by atoms with Crippen molar-refractivity contribution >= 4 is 5.78 Å². The second-order valence-corrected chi connectivity index (χ2v) is 5.96. The molecule has 0 radical (unpaired) electrons. The average molecular weight is 268 g/mol. The SMILES string of the molecule is CC(=O)c1ccc(Oc2cccc(C(C)(C)C)c2)cc1. The number of ether oxygens (including phenoxy) is 1. The molecule has 104 valence electrons. The van der Waals surface area contributed by atoms with Crippen molar-refractivity contribution in [3.05, 3.63) is 59.7 Å². The van der Waals surface area contributed by atoms with E-state index >= 15 is 0 Å². The first-order valence-corrected chi connectivity index (χ1v) is 6.76. The molecule has 0 aliphatic rings. The van der Waals surface area contributed by atoms with E-state index in [2.05, 4.69) is 32.9 Å². The van der Waals surface area contributed by atoms with Gasteiger partial charge in [-0.15, -0.1) is 0 Å². The molecule has 0 aromatic heterocycles. The smallest absolute Gasteiger partial charge is 0.159 e. The lowest BCUT2D eigenvalue weighted by Crippen LogP contribution is -2.10. The molecule has 0 saturated carbocycles. The monoisotopic (exact) mass is 268 g/mol. The van der Waals surface area contributed by atoms with Crippen molar-refractivity contribution < 1.29 is 9.53 Å². The minimum Gasteiger partial charge on any atom is -0.457 e.